The van der Waals surface area contributed by atoms with E-state index >= 15 is 0 Å². The van der Waals surface area contributed by atoms with Gasteiger partial charge >= 0.3 is 0 Å². The second-order valence-corrected chi connectivity index (χ2v) is 8.85. The Morgan fingerprint density at radius 3 is 2.03 bits per heavy atom. The summed E-state index contributed by atoms with van der Waals surface area (Å²) in [5, 5.41) is 11.6. The molecule has 7 nitrogen and oxygen atoms in total. The van der Waals surface area contributed by atoms with Crippen LogP contribution >= 0.6 is 0 Å². The predicted molar refractivity (Wildman–Crippen MR) is 144 cm³/mol. The van der Waals surface area contributed by atoms with Crippen molar-refractivity contribution in [1.82, 2.24) is 4.90 Å². The van der Waals surface area contributed by atoms with Crippen molar-refractivity contribution < 1.29 is 28.6 Å². The largest absolute Gasteiger partial charge is 0.506 e. The molecule has 198 valence electrons. The Kier molecular flexibility index (Phi) is 8.00. The van der Waals surface area contributed by atoms with Gasteiger partial charge in [0.15, 0.2) is 0 Å². The van der Waals surface area contributed by atoms with E-state index in [1.54, 1.807) is 30.3 Å². The predicted octanol–water partition coefficient (Wildman–Crippen LogP) is 5.31. The van der Waals surface area contributed by atoms with Crippen molar-refractivity contribution in [3.8, 4) is 11.5 Å². The number of methoxy groups -OCH3 is 2. The number of carbonyl (C=O) groups is 2. The summed E-state index contributed by atoms with van der Waals surface area (Å²) < 4.78 is 24.4. The van der Waals surface area contributed by atoms with Crippen LogP contribution in [-0.2, 0) is 16.1 Å². The first-order chi connectivity index (χ1) is 18.3. The van der Waals surface area contributed by atoms with Crippen LogP contribution < -0.4 is 14.4 Å². The number of nitrogens with zero attached hydrogens (tertiary/aromatic N) is 2. The number of halogens is 1. The van der Waals surface area contributed by atoms with Crippen LogP contribution in [0.5, 0.6) is 11.5 Å². The molecule has 0 saturated carbocycles. The van der Waals surface area contributed by atoms with Crippen LogP contribution in [0.1, 0.15) is 36.6 Å². The molecule has 0 bridgehead atoms. The van der Waals surface area contributed by atoms with Gasteiger partial charge in [-0.05, 0) is 61.4 Å². The lowest BCUT2D eigenvalue weighted by atomic mass is 9.94. The first-order valence-corrected chi connectivity index (χ1v) is 12.4. The van der Waals surface area contributed by atoms with Gasteiger partial charge in [-0.2, -0.15) is 0 Å². The Labute approximate surface area is 221 Å². The maximum absolute atomic E-state index is 13.5. The van der Waals surface area contributed by atoms with E-state index in [1.165, 1.54) is 31.3 Å². The SMILES string of the molecule is CCN(CC)c1ccc(C2/C(=C(\O)c3c(OC)cccc3OC)C(=O)C(=O)N2Cc2ccc(F)cc2)cc1. The molecule has 1 fully saturated rings. The summed E-state index contributed by atoms with van der Waals surface area (Å²) in [5.41, 5.74) is 2.41. The third-order valence-corrected chi connectivity index (χ3v) is 6.81. The van der Waals surface area contributed by atoms with E-state index in [4.69, 9.17) is 9.47 Å². The van der Waals surface area contributed by atoms with Crippen LogP contribution in [-0.4, -0.2) is 49.0 Å². The molecule has 0 aliphatic carbocycles. The number of benzene rings is 3. The molecule has 0 spiro atoms. The highest BCUT2D eigenvalue weighted by Crippen LogP contribution is 2.44. The van der Waals surface area contributed by atoms with Crippen LogP contribution in [0.2, 0.25) is 0 Å². The number of Topliss-reactive ketones (excluding diaryl/α,β-unsaturated/α-hetero) is 1. The molecule has 1 amide bonds. The molecule has 1 unspecified atom stereocenters. The topological polar surface area (TPSA) is 79.3 Å². The lowest BCUT2D eigenvalue weighted by molar-refractivity contribution is -0.140. The second kappa shape index (κ2) is 11.4. The lowest BCUT2D eigenvalue weighted by Crippen LogP contribution is -2.29. The minimum absolute atomic E-state index is 0.0488. The van der Waals surface area contributed by atoms with E-state index in [-0.39, 0.29) is 17.7 Å². The first-order valence-electron chi connectivity index (χ1n) is 12.4. The molecule has 38 heavy (non-hydrogen) atoms. The first kappa shape index (κ1) is 26.7. The quantitative estimate of drug-likeness (QED) is 0.235. The van der Waals surface area contributed by atoms with Crippen molar-refractivity contribution in [2.75, 3.05) is 32.2 Å². The number of hydrogen-bond donors (Lipinski definition) is 1. The highest BCUT2D eigenvalue weighted by atomic mass is 19.1. The molecule has 1 atom stereocenters. The maximum atomic E-state index is 13.5. The van der Waals surface area contributed by atoms with Crippen LogP contribution in [0.4, 0.5) is 10.1 Å². The van der Waals surface area contributed by atoms with E-state index in [1.807, 2.05) is 24.3 Å². The summed E-state index contributed by atoms with van der Waals surface area (Å²) in [4.78, 5) is 30.4. The minimum atomic E-state index is -0.888. The zero-order valence-corrected chi connectivity index (χ0v) is 21.9. The Hall–Kier alpha value is -4.33. The number of likely N-dealkylation sites (tertiary alicyclic amines) is 1. The smallest absolute Gasteiger partial charge is 0.295 e. The monoisotopic (exact) mass is 518 g/mol. The molecular formula is C30H31FN2O5. The third-order valence-electron chi connectivity index (χ3n) is 6.81. The zero-order valence-electron chi connectivity index (χ0n) is 21.9. The fraction of sp³-hybridized carbons (Fsp3) is 0.267. The number of amides is 1. The number of aliphatic hydroxyl groups is 1. The molecule has 1 aliphatic heterocycles. The molecule has 3 aromatic carbocycles. The van der Waals surface area contributed by atoms with Crippen molar-refractivity contribution >= 4 is 23.1 Å². The van der Waals surface area contributed by atoms with Gasteiger partial charge in [-0.15, -0.1) is 0 Å². The molecule has 3 aromatic rings. The molecular weight excluding hydrogens is 487 g/mol. The van der Waals surface area contributed by atoms with Crippen molar-refractivity contribution in [3.05, 3.63) is 94.8 Å². The molecule has 1 N–H and O–H groups in total. The van der Waals surface area contributed by atoms with Crippen molar-refractivity contribution in [1.29, 1.82) is 0 Å². The van der Waals surface area contributed by atoms with E-state index < -0.39 is 29.3 Å². The van der Waals surface area contributed by atoms with Crippen LogP contribution in [0, 0.1) is 5.82 Å². The molecule has 4 rings (SSSR count). The fourth-order valence-electron chi connectivity index (χ4n) is 4.85. The Bertz CT molecular complexity index is 1330. The Morgan fingerprint density at radius 2 is 1.50 bits per heavy atom. The standard InChI is InChI=1S/C30H31FN2O5/c1-5-32(6-2)22-16-12-20(13-17-22)27-26(28(34)25-23(37-3)8-7-9-24(25)38-4)29(35)30(36)33(27)18-19-10-14-21(31)15-11-19/h7-17,27,34H,5-6,18H2,1-4H3/b28-26+. The average Bonchev–Trinajstić information content (AvgIpc) is 3.19. The van der Waals surface area contributed by atoms with Crippen LogP contribution in [0.15, 0.2) is 72.3 Å². The van der Waals surface area contributed by atoms with Crippen LogP contribution in [0.3, 0.4) is 0 Å². The van der Waals surface area contributed by atoms with Gasteiger partial charge in [-0.25, -0.2) is 4.39 Å². The summed E-state index contributed by atoms with van der Waals surface area (Å²) in [6.45, 7) is 5.83. The molecule has 1 aliphatic rings. The van der Waals surface area contributed by atoms with Gasteiger partial charge in [-0.1, -0.05) is 30.3 Å². The summed E-state index contributed by atoms with van der Waals surface area (Å²) in [7, 11) is 2.89. The summed E-state index contributed by atoms with van der Waals surface area (Å²) in [6.07, 6.45) is 0. The highest BCUT2D eigenvalue weighted by Gasteiger charge is 2.46. The second-order valence-electron chi connectivity index (χ2n) is 8.85. The minimum Gasteiger partial charge on any atom is -0.506 e. The number of ether oxygens (including phenoxy) is 2. The average molecular weight is 519 g/mol. The summed E-state index contributed by atoms with van der Waals surface area (Å²) >= 11 is 0. The van der Waals surface area contributed by atoms with Gasteiger partial charge in [0, 0.05) is 25.3 Å². The van der Waals surface area contributed by atoms with Gasteiger partial charge in [0.2, 0.25) is 0 Å². The van der Waals surface area contributed by atoms with Crippen LogP contribution in [0.25, 0.3) is 5.76 Å². The van der Waals surface area contributed by atoms with Gasteiger partial charge in [0.25, 0.3) is 11.7 Å². The molecule has 0 radical (unpaired) electrons. The number of hydrogen-bond acceptors (Lipinski definition) is 6. The maximum Gasteiger partial charge on any atom is 0.295 e. The van der Waals surface area contributed by atoms with Crippen molar-refractivity contribution in [2.24, 2.45) is 0 Å². The van der Waals surface area contributed by atoms with Gasteiger partial charge in [-0.3, -0.25) is 9.59 Å². The number of aliphatic hydroxyl groups excluding tert-OH is 1. The van der Waals surface area contributed by atoms with E-state index in [9.17, 15) is 19.1 Å². The van der Waals surface area contributed by atoms with Gasteiger partial charge in [0.1, 0.15) is 28.6 Å². The van der Waals surface area contributed by atoms with Gasteiger partial charge in [0.05, 0.1) is 25.8 Å². The van der Waals surface area contributed by atoms with E-state index in [0.29, 0.717) is 22.6 Å². The van der Waals surface area contributed by atoms with Crippen molar-refractivity contribution in [2.45, 2.75) is 26.4 Å². The number of anilines is 1. The molecule has 8 heteroatoms. The lowest BCUT2D eigenvalue weighted by Gasteiger charge is -2.27. The molecule has 0 aromatic heterocycles. The van der Waals surface area contributed by atoms with Crippen molar-refractivity contribution in [3.63, 3.8) is 0 Å². The highest BCUT2D eigenvalue weighted by molar-refractivity contribution is 6.46. The molecule has 1 heterocycles. The number of carbonyl (C=O) groups excluding carboxylic acids is 2. The van der Waals surface area contributed by atoms with E-state index in [2.05, 4.69) is 18.7 Å². The zero-order chi connectivity index (χ0) is 27.4. The van der Waals surface area contributed by atoms with E-state index in [0.717, 1.165) is 18.8 Å². The third kappa shape index (κ3) is 4.94. The number of rotatable bonds is 9. The molecule has 1 saturated heterocycles. The van der Waals surface area contributed by atoms with Gasteiger partial charge < -0.3 is 24.4 Å². The Balaban J connectivity index is 1.90. The number of ketones is 1. The Morgan fingerprint density at radius 1 is 0.921 bits per heavy atom. The summed E-state index contributed by atoms with van der Waals surface area (Å²) in [5.74, 6) is -1.79. The fourth-order valence-corrected chi connectivity index (χ4v) is 4.85. The summed E-state index contributed by atoms with van der Waals surface area (Å²) in [6, 6.07) is 17.4. The normalized spacial score (nSPS) is 16.6.